The summed E-state index contributed by atoms with van der Waals surface area (Å²) in [6.45, 7) is 0. The van der Waals surface area contributed by atoms with Gasteiger partial charge in [0.15, 0.2) is 0 Å². The summed E-state index contributed by atoms with van der Waals surface area (Å²) in [5, 5.41) is 1.28. The molecule has 0 fully saturated rings. The number of thiocarbonyl (C=S) groups is 1. The molecule has 0 aliphatic carbocycles. The number of hydrogen-bond acceptors (Lipinski definition) is 2. The minimum Gasteiger partial charge on any atom is -0.272 e. The van der Waals surface area contributed by atoms with E-state index in [1.807, 2.05) is 12.1 Å². The van der Waals surface area contributed by atoms with Crippen LogP contribution in [0.15, 0.2) is 34.3 Å². The summed E-state index contributed by atoms with van der Waals surface area (Å²) >= 11 is 4.90. The number of amides is 1. The molecule has 1 aliphatic rings. The van der Waals surface area contributed by atoms with E-state index < -0.39 is 0 Å². The summed E-state index contributed by atoms with van der Waals surface area (Å²) in [6.07, 6.45) is 0.143. The van der Waals surface area contributed by atoms with Crippen LogP contribution in [0, 0.1) is 0 Å². The molecule has 0 saturated heterocycles. The van der Waals surface area contributed by atoms with Crippen molar-refractivity contribution >= 4 is 23.1 Å². The highest BCUT2D eigenvalue weighted by atomic mass is 32.1. The maximum absolute atomic E-state index is 11.1. The van der Waals surface area contributed by atoms with Gasteiger partial charge < -0.3 is 0 Å². The first kappa shape index (κ1) is 8.19. The molecule has 1 aromatic carbocycles. The monoisotopic (exact) mass is 190 g/mol. The van der Waals surface area contributed by atoms with Gasteiger partial charge in [0.1, 0.15) is 4.99 Å². The maximum Gasteiger partial charge on any atom is 0.253 e. The number of rotatable bonds is 0. The largest absolute Gasteiger partial charge is 0.272 e. The molecule has 0 unspecified atom stereocenters. The molecule has 64 valence electrons. The normalized spacial score (nSPS) is 15.4. The summed E-state index contributed by atoms with van der Waals surface area (Å²) in [5.41, 5.74) is 0. The fourth-order valence-corrected chi connectivity index (χ4v) is 1.35. The number of fused-ring (bicyclic) bond motifs is 1. The number of para-hydroxylation sites is 2. The van der Waals surface area contributed by atoms with Gasteiger partial charge in [-0.25, -0.2) is 9.98 Å². The van der Waals surface area contributed by atoms with Gasteiger partial charge in [0, 0.05) is 0 Å². The van der Waals surface area contributed by atoms with E-state index in [4.69, 9.17) is 12.2 Å². The first-order valence-electron chi connectivity index (χ1n) is 3.84. The molecule has 1 aromatic rings. The van der Waals surface area contributed by atoms with Crippen LogP contribution in [-0.4, -0.2) is 10.9 Å². The zero-order valence-electron chi connectivity index (χ0n) is 6.73. The van der Waals surface area contributed by atoms with Crippen LogP contribution in [0.25, 0.3) is 0 Å². The topological polar surface area (TPSA) is 41.8 Å². The van der Waals surface area contributed by atoms with Crippen molar-refractivity contribution in [3.05, 3.63) is 35.0 Å². The highest BCUT2D eigenvalue weighted by Crippen LogP contribution is 1.92. The summed E-state index contributed by atoms with van der Waals surface area (Å²) in [5.74, 6) is -0.223. The van der Waals surface area contributed by atoms with Gasteiger partial charge in [0.05, 0.1) is 17.1 Å². The first-order chi connectivity index (χ1) is 6.25. The van der Waals surface area contributed by atoms with Gasteiger partial charge in [-0.3, -0.25) is 4.79 Å². The number of nitrogens with zero attached hydrogens (tertiary/aromatic N) is 2. The quantitative estimate of drug-likeness (QED) is 0.548. The van der Waals surface area contributed by atoms with Crippen LogP contribution in [0.5, 0.6) is 0 Å². The molecule has 0 radical (unpaired) electrons. The number of hydrogen-bond donors (Lipinski definition) is 0. The van der Waals surface area contributed by atoms with E-state index in [0.29, 0.717) is 15.7 Å². The van der Waals surface area contributed by atoms with Crippen molar-refractivity contribution in [2.45, 2.75) is 6.42 Å². The smallest absolute Gasteiger partial charge is 0.253 e. The molecule has 3 nitrogen and oxygen atoms in total. The molecule has 1 aliphatic heterocycles. The van der Waals surface area contributed by atoms with E-state index in [2.05, 4.69) is 9.98 Å². The van der Waals surface area contributed by atoms with E-state index in [1.54, 1.807) is 12.1 Å². The van der Waals surface area contributed by atoms with Crippen molar-refractivity contribution in [3.8, 4) is 0 Å². The molecule has 0 spiro atoms. The molecular formula is C9H6N2OS. The van der Waals surface area contributed by atoms with E-state index in [9.17, 15) is 4.79 Å². The fraction of sp³-hybridized carbons (Fsp3) is 0.111. The van der Waals surface area contributed by atoms with Crippen molar-refractivity contribution in [2.24, 2.45) is 9.98 Å². The predicted octanol–water partition coefficient (Wildman–Crippen LogP) is 0.183. The van der Waals surface area contributed by atoms with Crippen molar-refractivity contribution in [1.82, 2.24) is 0 Å². The molecule has 0 atom stereocenters. The van der Waals surface area contributed by atoms with Crippen LogP contribution in [-0.2, 0) is 4.79 Å². The van der Waals surface area contributed by atoms with Gasteiger partial charge in [-0.1, -0.05) is 24.4 Å². The molecule has 4 heteroatoms. The molecule has 0 N–H and O–H groups in total. The summed E-state index contributed by atoms with van der Waals surface area (Å²) in [4.78, 5) is 19.5. The molecular weight excluding hydrogens is 184 g/mol. The third-order valence-corrected chi connectivity index (χ3v) is 1.91. The molecule has 0 saturated carbocycles. The Morgan fingerprint density at radius 3 is 2.46 bits per heavy atom. The van der Waals surface area contributed by atoms with Crippen LogP contribution >= 0.6 is 12.2 Å². The number of carbonyl (C=O) groups excluding carboxylic acids is 1. The highest BCUT2D eigenvalue weighted by Gasteiger charge is 2.06. The minimum absolute atomic E-state index is 0.143. The second-order valence-electron chi connectivity index (χ2n) is 2.68. The maximum atomic E-state index is 11.1. The minimum atomic E-state index is -0.223. The van der Waals surface area contributed by atoms with Gasteiger partial charge in [-0.05, 0) is 12.1 Å². The predicted molar refractivity (Wildman–Crippen MR) is 51.0 cm³/mol. The second-order valence-corrected chi connectivity index (χ2v) is 3.15. The molecule has 1 amide bonds. The van der Waals surface area contributed by atoms with Gasteiger partial charge >= 0.3 is 0 Å². The Labute approximate surface area is 79.8 Å². The Morgan fingerprint density at radius 2 is 1.77 bits per heavy atom. The Kier molecular flexibility index (Phi) is 1.98. The fourth-order valence-electron chi connectivity index (χ4n) is 1.13. The molecule has 13 heavy (non-hydrogen) atoms. The lowest BCUT2D eigenvalue weighted by atomic mass is 10.3. The number of carbonyl (C=O) groups is 1. The van der Waals surface area contributed by atoms with Crippen LogP contribution in [0.2, 0.25) is 0 Å². The number of benzene rings is 1. The standard InChI is InChI=1S/C9H6N2OS/c12-8-5-9(13)11-7-4-2-1-3-6(7)10-8/h1-4H,5H2. The third-order valence-electron chi connectivity index (χ3n) is 1.67. The first-order valence-corrected chi connectivity index (χ1v) is 4.25. The van der Waals surface area contributed by atoms with Crippen LogP contribution in [0.4, 0.5) is 0 Å². The van der Waals surface area contributed by atoms with Gasteiger partial charge in [-0.15, -0.1) is 0 Å². The zero-order chi connectivity index (χ0) is 9.26. The lowest BCUT2D eigenvalue weighted by Gasteiger charge is -1.86. The molecule has 0 bridgehead atoms. The molecule has 2 rings (SSSR count). The highest BCUT2D eigenvalue weighted by molar-refractivity contribution is 7.80. The van der Waals surface area contributed by atoms with Crippen molar-refractivity contribution < 1.29 is 4.79 Å². The van der Waals surface area contributed by atoms with Crippen LogP contribution in [0.3, 0.4) is 0 Å². The van der Waals surface area contributed by atoms with E-state index in [1.165, 1.54) is 0 Å². The van der Waals surface area contributed by atoms with Crippen molar-refractivity contribution in [2.75, 3.05) is 0 Å². The van der Waals surface area contributed by atoms with Crippen molar-refractivity contribution in [1.29, 1.82) is 0 Å². The Bertz CT molecular complexity index is 448. The average molecular weight is 190 g/mol. The van der Waals surface area contributed by atoms with E-state index in [-0.39, 0.29) is 12.3 Å². The molecule has 0 aromatic heterocycles. The Morgan fingerprint density at radius 1 is 1.15 bits per heavy atom. The summed E-state index contributed by atoms with van der Waals surface area (Å²) < 4.78 is 0. The van der Waals surface area contributed by atoms with E-state index in [0.717, 1.165) is 0 Å². The summed E-state index contributed by atoms with van der Waals surface area (Å²) in [6, 6.07) is 7.21. The van der Waals surface area contributed by atoms with Crippen molar-refractivity contribution in [3.63, 3.8) is 0 Å². The van der Waals surface area contributed by atoms with Crippen LogP contribution in [0.1, 0.15) is 6.42 Å². The van der Waals surface area contributed by atoms with E-state index >= 15 is 0 Å². The average Bonchev–Trinajstić information content (AvgIpc) is 2.20. The Hall–Kier alpha value is -1.42. The zero-order valence-corrected chi connectivity index (χ0v) is 7.54. The van der Waals surface area contributed by atoms with Gasteiger partial charge in [-0.2, -0.15) is 0 Å². The summed E-state index contributed by atoms with van der Waals surface area (Å²) in [7, 11) is 0. The lowest BCUT2D eigenvalue weighted by Crippen LogP contribution is -2.24. The van der Waals surface area contributed by atoms with Gasteiger partial charge in [0.2, 0.25) is 0 Å². The van der Waals surface area contributed by atoms with Crippen LogP contribution < -0.4 is 10.7 Å². The second kappa shape index (κ2) is 3.14. The van der Waals surface area contributed by atoms with Gasteiger partial charge in [0.25, 0.3) is 5.91 Å². The molecule has 1 heterocycles. The SMILES string of the molecule is O=C1CC(=S)N=c2ccccc2=N1. The third kappa shape index (κ3) is 1.67. The Balaban J connectivity index is 2.82. The lowest BCUT2D eigenvalue weighted by molar-refractivity contribution is -0.116.